The second-order valence-electron chi connectivity index (χ2n) is 8.03. The highest BCUT2D eigenvalue weighted by Crippen LogP contribution is 2.20. The normalized spacial score (nSPS) is 14.3. The Morgan fingerprint density at radius 2 is 1.08 bits per heavy atom. The molecule has 0 aromatic heterocycles. The van der Waals surface area contributed by atoms with Crippen molar-refractivity contribution < 1.29 is 14.7 Å². The molecule has 3 unspecified atom stereocenters. The van der Waals surface area contributed by atoms with Crippen LogP contribution >= 0.6 is 0 Å². The minimum atomic E-state index is -0.116. The first-order valence-corrected chi connectivity index (χ1v) is 9.48. The number of aliphatic hydroxyl groups is 1. The first-order chi connectivity index (χ1) is 10.8. The molecule has 3 nitrogen and oxygen atoms in total. The van der Waals surface area contributed by atoms with Gasteiger partial charge in [0.2, 0.25) is 0 Å². The average Bonchev–Trinajstić information content (AvgIpc) is 2.44. The molecule has 0 heterocycles. The van der Waals surface area contributed by atoms with Crippen molar-refractivity contribution in [2.24, 2.45) is 29.6 Å². The van der Waals surface area contributed by atoms with Crippen LogP contribution in [0.2, 0.25) is 0 Å². The highest BCUT2D eigenvalue weighted by atomic mass is 16.3. The second kappa shape index (κ2) is 15.8. The van der Waals surface area contributed by atoms with E-state index in [1.54, 1.807) is 13.8 Å². The van der Waals surface area contributed by atoms with E-state index in [4.69, 9.17) is 5.11 Å². The van der Waals surface area contributed by atoms with Gasteiger partial charge in [-0.25, -0.2) is 0 Å². The average molecular weight is 345 g/mol. The molecule has 1 N–H and O–H groups in total. The number of carbonyl (C=O) groups is 2. The van der Waals surface area contributed by atoms with E-state index in [0.717, 1.165) is 12.8 Å². The largest absolute Gasteiger partial charge is 0.393 e. The number of hydrogen-bond donors (Lipinski definition) is 1. The van der Waals surface area contributed by atoms with Crippen molar-refractivity contribution in [3.05, 3.63) is 0 Å². The molecule has 0 aliphatic carbocycles. The molecule has 0 spiro atoms. The SMILES string of the molecule is CC(=O)CC(C)C.CC(C)C(C)C(=O)C(C)C(C)C.CCC(C)O. The van der Waals surface area contributed by atoms with Crippen LogP contribution in [0, 0.1) is 29.6 Å². The quantitative estimate of drug-likeness (QED) is 0.660. The fourth-order valence-corrected chi connectivity index (χ4v) is 1.65. The van der Waals surface area contributed by atoms with Crippen LogP contribution in [0.25, 0.3) is 0 Å². The molecule has 3 heteroatoms. The van der Waals surface area contributed by atoms with Gasteiger partial charge in [0.25, 0.3) is 0 Å². The van der Waals surface area contributed by atoms with Crippen molar-refractivity contribution in [1.82, 2.24) is 0 Å². The van der Waals surface area contributed by atoms with E-state index < -0.39 is 0 Å². The summed E-state index contributed by atoms with van der Waals surface area (Å²) in [7, 11) is 0. The maximum atomic E-state index is 11.7. The van der Waals surface area contributed by atoms with E-state index in [2.05, 4.69) is 27.7 Å². The standard InChI is InChI=1S/C11H22O.C6H12O.C4H10O/c1-7(2)9(5)11(12)10(6)8(3)4;1-5(2)4-6(3)7;1-3-4(2)5/h7-10H,1-6H3;5H,4H2,1-3H3;4-5H,3H2,1-2H3. The summed E-state index contributed by atoms with van der Waals surface area (Å²) >= 11 is 0. The third kappa shape index (κ3) is 19.3. The minimum absolute atomic E-state index is 0.116. The molecule has 0 radical (unpaired) electrons. The maximum absolute atomic E-state index is 11.7. The van der Waals surface area contributed by atoms with Crippen LogP contribution in [0.3, 0.4) is 0 Å². The minimum Gasteiger partial charge on any atom is -0.393 e. The molecule has 0 aromatic carbocycles. The van der Waals surface area contributed by atoms with Gasteiger partial charge in [0.05, 0.1) is 6.10 Å². The Balaban J connectivity index is -0.000000311. The predicted molar refractivity (Wildman–Crippen MR) is 105 cm³/mol. The third-order valence-corrected chi connectivity index (χ3v) is 4.18. The molecule has 24 heavy (non-hydrogen) atoms. The molecule has 0 fully saturated rings. The van der Waals surface area contributed by atoms with Gasteiger partial charge in [0.1, 0.15) is 11.6 Å². The zero-order chi connectivity index (χ0) is 20.0. The van der Waals surface area contributed by atoms with Gasteiger partial charge in [-0.15, -0.1) is 0 Å². The van der Waals surface area contributed by atoms with Gasteiger partial charge in [-0.1, -0.05) is 62.3 Å². The van der Waals surface area contributed by atoms with E-state index >= 15 is 0 Å². The van der Waals surface area contributed by atoms with Crippen molar-refractivity contribution in [3.8, 4) is 0 Å². The van der Waals surface area contributed by atoms with Crippen molar-refractivity contribution in [1.29, 1.82) is 0 Å². The van der Waals surface area contributed by atoms with Crippen molar-refractivity contribution in [2.45, 2.75) is 95.1 Å². The van der Waals surface area contributed by atoms with Gasteiger partial charge in [0.15, 0.2) is 0 Å². The number of ketones is 2. The Bertz CT molecular complexity index is 301. The Morgan fingerprint density at radius 3 is 1.17 bits per heavy atom. The van der Waals surface area contributed by atoms with Gasteiger partial charge < -0.3 is 9.90 Å². The number of aliphatic hydroxyl groups excluding tert-OH is 1. The van der Waals surface area contributed by atoms with Gasteiger partial charge in [0, 0.05) is 18.3 Å². The first kappa shape index (κ1) is 28.1. The predicted octanol–water partition coefficient (Wildman–Crippen LogP) is 5.54. The molecular weight excluding hydrogens is 300 g/mol. The van der Waals surface area contributed by atoms with Crippen molar-refractivity contribution in [3.63, 3.8) is 0 Å². The number of carbonyl (C=O) groups excluding carboxylic acids is 2. The lowest BCUT2D eigenvalue weighted by atomic mass is 9.82. The molecular formula is C21H44O3. The lowest BCUT2D eigenvalue weighted by molar-refractivity contribution is -0.128. The summed E-state index contributed by atoms with van der Waals surface area (Å²) in [6, 6.07) is 0. The monoisotopic (exact) mass is 344 g/mol. The summed E-state index contributed by atoms with van der Waals surface area (Å²) in [5.74, 6) is 2.59. The molecule has 146 valence electrons. The summed E-state index contributed by atoms with van der Waals surface area (Å²) in [4.78, 5) is 22.0. The summed E-state index contributed by atoms with van der Waals surface area (Å²) in [5, 5.41) is 8.36. The van der Waals surface area contributed by atoms with E-state index in [1.165, 1.54) is 0 Å². The number of hydrogen-bond acceptors (Lipinski definition) is 3. The van der Waals surface area contributed by atoms with Crippen LogP contribution in [-0.2, 0) is 9.59 Å². The lowest BCUT2D eigenvalue weighted by Crippen LogP contribution is -2.26. The van der Waals surface area contributed by atoms with Crippen LogP contribution < -0.4 is 0 Å². The van der Waals surface area contributed by atoms with Gasteiger partial charge in [-0.3, -0.25) is 4.79 Å². The van der Waals surface area contributed by atoms with Crippen LogP contribution in [-0.4, -0.2) is 22.8 Å². The summed E-state index contributed by atoms with van der Waals surface area (Å²) in [6.07, 6.45) is 1.47. The first-order valence-electron chi connectivity index (χ1n) is 9.48. The molecule has 0 amide bonds. The molecule has 0 rings (SSSR count). The summed E-state index contributed by atoms with van der Waals surface area (Å²) in [6.45, 7) is 21.9. The molecule has 0 aromatic rings. The van der Waals surface area contributed by atoms with Crippen LogP contribution in [0.5, 0.6) is 0 Å². The molecule has 0 aliphatic rings. The van der Waals surface area contributed by atoms with E-state index in [0.29, 0.717) is 23.5 Å². The Labute approximate surface area is 151 Å². The van der Waals surface area contributed by atoms with E-state index in [-0.39, 0.29) is 23.7 Å². The summed E-state index contributed by atoms with van der Waals surface area (Å²) < 4.78 is 0. The number of Topliss-reactive ketones (excluding diaryl/α,β-unsaturated/α-hetero) is 2. The highest BCUT2D eigenvalue weighted by molar-refractivity contribution is 5.83. The van der Waals surface area contributed by atoms with Crippen LogP contribution in [0.4, 0.5) is 0 Å². The zero-order valence-electron chi connectivity index (χ0n) is 18.1. The fourth-order valence-electron chi connectivity index (χ4n) is 1.65. The zero-order valence-corrected chi connectivity index (χ0v) is 18.1. The van der Waals surface area contributed by atoms with Gasteiger partial charge in [-0.05, 0) is 38.0 Å². The molecule has 0 bridgehead atoms. The van der Waals surface area contributed by atoms with Crippen molar-refractivity contribution >= 4 is 11.6 Å². The topological polar surface area (TPSA) is 54.4 Å². The highest BCUT2D eigenvalue weighted by Gasteiger charge is 2.24. The van der Waals surface area contributed by atoms with Crippen molar-refractivity contribution in [2.75, 3.05) is 0 Å². The van der Waals surface area contributed by atoms with Crippen LogP contribution in [0.15, 0.2) is 0 Å². The molecule has 0 saturated heterocycles. The second-order valence-corrected chi connectivity index (χ2v) is 8.03. The maximum Gasteiger partial charge on any atom is 0.138 e. The Morgan fingerprint density at radius 1 is 0.792 bits per heavy atom. The van der Waals surface area contributed by atoms with E-state index in [1.807, 2.05) is 34.6 Å². The summed E-state index contributed by atoms with van der Waals surface area (Å²) in [5.41, 5.74) is 0. The Hall–Kier alpha value is -0.700. The van der Waals surface area contributed by atoms with Crippen LogP contribution in [0.1, 0.15) is 89.0 Å². The lowest BCUT2D eigenvalue weighted by Gasteiger charge is -2.21. The smallest absolute Gasteiger partial charge is 0.138 e. The Kier molecular flexibility index (Phi) is 18.5. The molecule has 0 saturated carbocycles. The van der Waals surface area contributed by atoms with Gasteiger partial charge in [-0.2, -0.15) is 0 Å². The van der Waals surface area contributed by atoms with Gasteiger partial charge >= 0.3 is 0 Å². The van der Waals surface area contributed by atoms with E-state index in [9.17, 15) is 9.59 Å². The molecule has 0 aliphatic heterocycles. The molecule has 3 atom stereocenters. The third-order valence-electron chi connectivity index (χ3n) is 4.18. The fraction of sp³-hybridized carbons (Fsp3) is 0.905. The number of rotatable bonds is 7.